The van der Waals surface area contributed by atoms with Crippen LogP contribution < -0.4 is 11.1 Å². The normalized spacial score (nSPS) is 25.3. The Labute approximate surface area is 97.5 Å². The van der Waals surface area contributed by atoms with E-state index in [0.717, 1.165) is 29.9 Å². The van der Waals surface area contributed by atoms with E-state index in [0.29, 0.717) is 0 Å². The number of nitrogens with two attached hydrogens (primary N) is 1. The summed E-state index contributed by atoms with van der Waals surface area (Å²) in [5.74, 6) is 2.54. The van der Waals surface area contributed by atoms with Crippen molar-refractivity contribution in [2.45, 2.75) is 32.6 Å². The highest BCUT2D eigenvalue weighted by molar-refractivity contribution is 5.60. The zero-order valence-corrected chi connectivity index (χ0v) is 9.95. The molecule has 1 aromatic heterocycles. The van der Waals surface area contributed by atoms with Crippen LogP contribution >= 0.6 is 0 Å². The van der Waals surface area contributed by atoms with Gasteiger partial charge in [-0.15, -0.1) is 0 Å². The third-order valence-electron chi connectivity index (χ3n) is 3.53. The molecule has 1 fully saturated rings. The number of aromatic nitrogens is 1. The molecule has 1 aliphatic rings. The van der Waals surface area contributed by atoms with Crippen LogP contribution in [0.25, 0.3) is 0 Å². The molecule has 0 atom stereocenters. The van der Waals surface area contributed by atoms with Crippen molar-refractivity contribution in [2.75, 3.05) is 17.6 Å². The summed E-state index contributed by atoms with van der Waals surface area (Å²) < 4.78 is 0. The zero-order valence-electron chi connectivity index (χ0n) is 9.95. The van der Waals surface area contributed by atoms with Crippen molar-refractivity contribution >= 4 is 11.5 Å². The Balaban J connectivity index is 1.81. The van der Waals surface area contributed by atoms with Crippen molar-refractivity contribution in [3.63, 3.8) is 0 Å². The minimum Gasteiger partial charge on any atom is -0.396 e. The maximum absolute atomic E-state index is 5.83. The molecule has 3 nitrogen and oxygen atoms in total. The maximum Gasteiger partial charge on any atom is 0.149 e. The Hall–Kier alpha value is -1.25. The Kier molecular flexibility index (Phi) is 3.65. The summed E-state index contributed by atoms with van der Waals surface area (Å²) in [5.41, 5.74) is 6.58. The van der Waals surface area contributed by atoms with Gasteiger partial charge in [0.1, 0.15) is 5.82 Å². The molecule has 0 amide bonds. The van der Waals surface area contributed by atoms with Crippen molar-refractivity contribution in [1.29, 1.82) is 0 Å². The molecule has 0 radical (unpaired) electrons. The number of hydrogen-bond acceptors (Lipinski definition) is 3. The van der Waals surface area contributed by atoms with Crippen molar-refractivity contribution in [3.05, 3.63) is 18.3 Å². The summed E-state index contributed by atoms with van der Waals surface area (Å²) >= 11 is 0. The molecule has 0 aliphatic heterocycles. The Morgan fingerprint density at radius 1 is 1.38 bits per heavy atom. The topological polar surface area (TPSA) is 50.9 Å². The first-order chi connectivity index (χ1) is 7.75. The monoisotopic (exact) mass is 219 g/mol. The first-order valence-electron chi connectivity index (χ1n) is 6.20. The van der Waals surface area contributed by atoms with Crippen LogP contribution in [0, 0.1) is 11.8 Å². The minimum atomic E-state index is 0.742. The summed E-state index contributed by atoms with van der Waals surface area (Å²) in [4.78, 5) is 4.24. The summed E-state index contributed by atoms with van der Waals surface area (Å²) in [6, 6.07) is 3.75. The van der Waals surface area contributed by atoms with E-state index in [9.17, 15) is 0 Å². The number of pyridine rings is 1. The molecule has 1 aromatic rings. The SMILES string of the molecule is CC1CCC(CNc2ncccc2N)CC1. The zero-order chi connectivity index (χ0) is 11.4. The van der Waals surface area contributed by atoms with Crippen molar-refractivity contribution in [3.8, 4) is 0 Å². The number of nitrogen functional groups attached to an aromatic ring is 1. The number of anilines is 2. The van der Waals surface area contributed by atoms with Gasteiger partial charge >= 0.3 is 0 Å². The molecule has 88 valence electrons. The van der Waals surface area contributed by atoms with Gasteiger partial charge in [0.05, 0.1) is 5.69 Å². The van der Waals surface area contributed by atoms with Crippen LogP contribution in [-0.4, -0.2) is 11.5 Å². The van der Waals surface area contributed by atoms with E-state index in [4.69, 9.17) is 5.73 Å². The molecule has 0 saturated heterocycles. The summed E-state index contributed by atoms with van der Waals surface area (Å²) in [6.07, 6.45) is 7.18. The maximum atomic E-state index is 5.83. The summed E-state index contributed by atoms with van der Waals surface area (Å²) in [6.45, 7) is 3.36. The molecule has 0 spiro atoms. The summed E-state index contributed by atoms with van der Waals surface area (Å²) in [7, 11) is 0. The fraction of sp³-hybridized carbons (Fsp3) is 0.615. The van der Waals surface area contributed by atoms with Gasteiger partial charge in [0, 0.05) is 12.7 Å². The third kappa shape index (κ3) is 2.87. The molecular formula is C13H21N3. The molecule has 3 N–H and O–H groups in total. The van der Waals surface area contributed by atoms with Crippen LogP contribution in [0.5, 0.6) is 0 Å². The molecule has 0 bridgehead atoms. The van der Waals surface area contributed by atoms with Crippen LogP contribution in [0.1, 0.15) is 32.6 Å². The van der Waals surface area contributed by atoms with E-state index in [2.05, 4.69) is 17.2 Å². The highest BCUT2D eigenvalue weighted by atomic mass is 15.0. The smallest absolute Gasteiger partial charge is 0.149 e. The van der Waals surface area contributed by atoms with Gasteiger partial charge in [0.25, 0.3) is 0 Å². The van der Waals surface area contributed by atoms with Crippen LogP contribution in [0.3, 0.4) is 0 Å². The first-order valence-corrected chi connectivity index (χ1v) is 6.20. The average molecular weight is 219 g/mol. The molecule has 1 saturated carbocycles. The molecular weight excluding hydrogens is 198 g/mol. The lowest BCUT2D eigenvalue weighted by atomic mass is 9.83. The quantitative estimate of drug-likeness (QED) is 0.821. The van der Waals surface area contributed by atoms with E-state index in [-0.39, 0.29) is 0 Å². The second-order valence-corrected chi connectivity index (χ2v) is 4.95. The van der Waals surface area contributed by atoms with Gasteiger partial charge in [-0.3, -0.25) is 0 Å². The minimum absolute atomic E-state index is 0.742. The molecule has 3 heteroatoms. The van der Waals surface area contributed by atoms with E-state index in [1.54, 1.807) is 6.20 Å². The van der Waals surface area contributed by atoms with Crippen LogP contribution in [0.2, 0.25) is 0 Å². The largest absolute Gasteiger partial charge is 0.396 e. The van der Waals surface area contributed by atoms with Crippen molar-refractivity contribution in [1.82, 2.24) is 4.98 Å². The number of hydrogen-bond donors (Lipinski definition) is 2. The molecule has 0 unspecified atom stereocenters. The van der Waals surface area contributed by atoms with Gasteiger partial charge in [-0.05, 0) is 36.8 Å². The first kappa shape index (κ1) is 11.2. The van der Waals surface area contributed by atoms with Crippen LogP contribution in [0.4, 0.5) is 11.5 Å². The van der Waals surface area contributed by atoms with Gasteiger partial charge in [0.15, 0.2) is 0 Å². The Morgan fingerprint density at radius 2 is 2.12 bits per heavy atom. The second kappa shape index (κ2) is 5.19. The number of nitrogens with one attached hydrogen (secondary N) is 1. The van der Waals surface area contributed by atoms with E-state index in [1.807, 2.05) is 12.1 Å². The lowest BCUT2D eigenvalue weighted by molar-refractivity contribution is 0.300. The molecule has 2 rings (SSSR count). The number of rotatable bonds is 3. The standard InChI is InChI=1S/C13H21N3/c1-10-4-6-11(7-5-10)9-16-13-12(14)3-2-8-15-13/h2-3,8,10-11H,4-7,9,14H2,1H3,(H,15,16). The van der Waals surface area contributed by atoms with Crippen LogP contribution in [0.15, 0.2) is 18.3 Å². The highest BCUT2D eigenvalue weighted by Crippen LogP contribution is 2.28. The molecule has 1 aliphatic carbocycles. The number of nitrogens with zero attached hydrogens (tertiary/aromatic N) is 1. The Morgan fingerprint density at radius 3 is 2.81 bits per heavy atom. The lowest BCUT2D eigenvalue weighted by Crippen LogP contribution is -2.20. The van der Waals surface area contributed by atoms with Gasteiger partial charge in [0.2, 0.25) is 0 Å². The van der Waals surface area contributed by atoms with E-state index in [1.165, 1.54) is 25.7 Å². The predicted octanol–water partition coefficient (Wildman–Crippen LogP) is 2.90. The van der Waals surface area contributed by atoms with Gasteiger partial charge in [-0.1, -0.05) is 19.8 Å². The predicted molar refractivity (Wildman–Crippen MR) is 68.3 cm³/mol. The summed E-state index contributed by atoms with van der Waals surface area (Å²) in [5, 5.41) is 3.36. The van der Waals surface area contributed by atoms with E-state index >= 15 is 0 Å². The van der Waals surface area contributed by atoms with Crippen LogP contribution in [-0.2, 0) is 0 Å². The van der Waals surface area contributed by atoms with Gasteiger partial charge < -0.3 is 11.1 Å². The van der Waals surface area contributed by atoms with E-state index < -0.39 is 0 Å². The third-order valence-corrected chi connectivity index (χ3v) is 3.53. The fourth-order valence-electron chi connectivity index (χ4n) is 2.34. The second-order valence-electron chi connectivity index (χ2n) is 4.95. The van der Waals surface area contributed by atoms with Gasteiger partial charge in [-0.25, -0.2) is 4.98 Å². The van der Waals surface area contributed by atoms with Gasteiger partial charge in [-0.2, -0.15) is 0 Å². The lowest BCUT2D eigenvalue weighted by Gasteiger charge is -2.26. The molecule has 1 heterocycles. The molecule has 0 aromatic carbocycles. The van der Waals surface area contributed by atoms with Crippen molar-refractivity contribution < 1.29 is 0 Å². The fourth-order valence-corrected chi connectivity index (χ4v) is 2.34. The van der Waals surface area contributed by atoms with Crippen molar-refractivity contribution in [2.24, 2.45) is 11.8 Å². The Bertz CT molecular complexity index is 330. The highest BCUT2D eigenvalue weighted by Gasteiger charge is 2.18. The average Bonchev–Trinajstić information content (AvgIpc) is 2.30. The molecule has 16 heavy (non-hydrogen) atoms.